The number of benzene rings is 3. The van der Waals surface area contributed by atoms with Crippen molar-refractivity contribution in [2.75, 3.05) is 9.24 Å². The first-order chi connectivity index (χ1) is 13.1. The van der Waals surface area contributed by atoms with Gasteiger partial charge in [0, 0.05) is 0 Å². The minimum absolute atomic E-state index is 0.153. The maximum Gasteiger partial charge on any atom is 0.257 e. The highest BCUT2D eigenvalue weighted by molar-refractivity contribution is 9.10. The van der Waals surface area contributed by atoms with Crippen molar-refractivity contribution in [3.05, 3.63) is 83.4 Å². The van der Waals surface area contributed by atoms with E-state index in [0.29, 0.717) is 29.3 Å². The molecular weight excluding hydrogens is 432 g/mol. The second-order valence-electron chi connectivity index (χ2n) is 5.42. The molecule has 1 N–H and O–H groups in total. The lowest BCUT2D eigenvalue weighted by atomic mass is 10.1. The van der Waals surface area contributed by atoms with Crippen molar-refractivity contribution in [3.63, 3.8) is 0 Å². The predicted octanol–water partition coefficient (Wildman–Crippen LogP) is 5.66. The van der Waals surface area contributed by atoms with Crippen LogP contribution in [0.15, 0.2) is 72.8 Å². The van der Waals surface area contributed by atoms with E-state index >= 15 is 0 Å². The Bertz CT molecular complexity index is 966. The molecule has 5 nitrogen and oxygen atoms in total. The smallest absolute Gasteiger partial charge is 0.257 e. The number of halogens is 2. The number of rotatable bonds is 6. The first-order valence-corrected chi connectivity index (χ1v) is 9.01. The third-order valence-electron chi connectivity index (χ3n) is 3.65. The van der Waals surface area contributed by atoms with Crippen molar-refractivity contribution in [2.24, 2.45) is 0 Å². The Labute approximate surface area is 169 Å². The summed E-state index contributed by atoms with van der Waals surface area (Å²) < 4.78 is 6.97. The second kappa shape index (κ2) is 8.70. The summed E-state index contributed by atoms with van der Waals surface area (Å²) in [5.41, 5.74) is 1.10. The number of ether oxygens (including phenoxy) is 1. The molecule has 0 aliphatic rings. The molecule has 0 aliphatic carbocycles. The highest BCUT2D eigenvalue weighted by Gasteiger charge is 2.17. The van der Waals surface area contributed by atoms with Gasteiger partial charge in [-0.25, -0.2) is 3.93 Å². The lowest BCUT2D eigenvalue weighted by Gasteiger charge is -2.15. The molecule has 0 heterocycles. The number of amides is 2. The minimum atomic E-state index is -0.419. The molecule has 0 unspecified atom stereocenters. The molecule has 0 spiro atoms. The standard InChI is InChI=1S/C20H14BrClN2O3/c21-24(13-25)17-11-6-9-15(19(17)22)20(26)23-16-10-4-5-12-18(16)27-14-7-2-1-3-8-14/h1-13H,(H,23,26). The van der Waals surface area contributed by atoms with Crippen LogP contribution in [0.2, 0.25) is 5.02 Å². The minimum Gasteiger partial charge on any atom is -0.455 e. The van der Waals surface area contributed by atoms with Gasteiger partial charge in [0.25, 0.3) is 5.91 Å². The normalized spacial score (nSPS) is 10.1. The predicted molar refractivity (Wildman–Crippen MR) is 110 cm³/mol. The fraction of sp³-hybridized carbons (Fsp3) is 0. The van der Waals surface area contributed by atoms with Crippen LogP contribution in [0.4, 0.5) is 11.4 Å². The van der Waals surface area contributed by atoms with Crippen LogP contribution < -0.4 is 14.0 Å². The Morgan fingerprint density at radius 2 is 1.70 bits per heavy atom. The zero-order valence-electron chi connectivity index (χ0n) is 13.9. The van der Waals surface area contributed by atoms with Crippen molar-refractivity contribution in [3.8, 4) is 11.5 Å². The van der Waals surface area contributed by atoms with Gasteiger partial charge < -0.3 is 10.1 Å². The topological polar surface area (TPSA) is 58.6 Å². The summed E-state index contributed by atoms with van der Waals surface area (Å²) in [4.78, 5) is 23.7. The van der Waals surface area contributed by atoms with E-state index in [1.165, 1.54) is 0 Å². The van der Waals surface area contributed by atoms with E-state index in [1.807, 2.05) is 36.4 Å². The van der Waals surface area contributed by atoms with Gasteiger partial charge in [0.1, 0.15) is 5.75 Å². The molecule has 0 saturated heterocycles. The lowest BCUT2D eigenvalue weighted by molar-refractivity contribution is -0.106. The summed E-state index contributed by atoms with van der Waals surface area (Å²) in [5, 5.41) is 2.95. The van der Waals surface area contributed by atoms with Crippen LogP contribution in [0.3, 0.4) is 0 Å². The molecule has 0 saturated carbocycles. The monoisotopic (exact) mass is 444 g/mol. The van der Waals surface area contributed by atoms with Crippen LogP contribution in [0.25, 0.3) is 0 Å². The first-order valence-electron chi connectivity index (χ1n) is 7.92. The summed E-state index contributed by atoms with van der Waals surface area (Å²) in [6, 6.07) is 21.2. The van der Waals surface area contributed by atoms with E-state index < -0.39 is 5.91 Å². The SMILES string of the molecule is O=CN(Br)c1cccc(C(=O)Nc2ccccc2Oc2ccccc2)c1Cl. The average molecular weight is 446 g/mol. The maximum atomic E-state index is 12.7. The molecule has 0 fully saturated rings. The van der Waals surface area contributed by atoms with E-state index in [0.717, 1.165) is 3.93 Å². The fourth-order valence-electron chi connectivity index (χ4n) is 2.38. The largest absolute Gasteiger partial charge is 0.455 e. The second-order valence-corrected chi connectivity index (χ2v) is 6.56. The summed E-state index contributed by atoms with van der Waals surface area (Å²) >= 11 is 9.35. The Balaban J connectivity index is 1.86. The van der Waals surface area contributed by atoms with Gasteiger partial charge in [-0.1, -0.05) is 48.0 Å². The third kappa shape index (κ3) is 4.48. The van der Waals surface area contributed by atoms with Gasteiger partial charge in [0.15, 0.2) is 5.75 Å². The molecule has 27 heavy (non-hydrogen) atoms. The van der Waals surface area contributed by atoms with E-state index in [9.17, 15) is 9.59 Å². The zero-order valence-corrected chi connectivity index (χ0v) is 16.3. The fourth-order valence-corrected chi connectivity index (χ4v) is 3.08. The molecule has 0 bridgehead atoms. The highest BCUT2D eigenvalue weighted by atomic mass is 79.9. The van der Waals surface area contributed by atoms with E-state index in [2.05, 4.69) is 21.5 Å². The van der Waals surface area contributed by atoms with Crippen LogP contribution in [-0.2, 0) is 4.79 Å². The maximum absolute atomic E-state index is 12.7. The lowest BCUT2D eigenvalue weighted by Crippen LogP contribution is -2.15. The quantitative estimate of drug-likeness (QED) is 0.393. The summed E-state index contributed by atoms with van der Waals surface area (Å²) in [6.07, 6.45) is 0.548. The molecule has 0 radical (unpaired) electrons. The van der Waals surface area contributed by atoms with Gasteiger partial charge >= 0.3 is 0 Å². The van der Waals surface area contributed by atoms with Crippen molar-refractivity contribution in [1.82, 2.24) is 0 Å². The summed E-state index contributed by atoms with van der Waals surface area (Å²) in [6.45, 7) is 0. The Hall–Kier alpha value is -2.83. The van der Waals surface area contributed by atoms with Crippen LogP contribution in [0.5, 0.6) is 11.5 Å². The van der Waals surface area contributed by atoms with Gasteiger partial charge in [-0.2, -0.15) is 0 Å². The molecule has 3 aromatic rings. The number of nitrogens with one attached hydrogen (secondary N) is 1. The van der Waals surface area contributed by atoms with Crippen LogP contribution in [0.1, 0.15) is 10.4 Å². The molecule has 136 valence electrons. The third-order valence-corrected chi connectivity index (χ3v) is 4.60. The number of hydrogen-bond donors (Lipinski definition) is 1. The summed E-state index contributed by atoms with van der Waals surface area (Å²) in [7, 11) is 0. The molecule has 3 rings (SSSR count). The number of hydrogen-bond acceptors (Lipinski definition) is 3. The molecule has 7 heteroatoms. The summed E-state index contributed by atoms with van der Waals surface area (Å²) in [5.74, 6) is 0.734. The number of carbonyl (C=O) groups excluding carboxylic acids is 2. The number of nitrogens with zero attached hydrogens (tertiary/aromatic N) is 1. The molecule has 3 aromatic carbocycles. The molecular formula is C20H14BrClN2O3. The van der Waals surface area contributed by atoms with Crippen molar-refractivity contribution in [1.29, 1.82) is 0 Å². The number of carbonyl (C=O) groups is 2. The van der Waals surface area contributed by atoms with Crippen molar-refractivity contribution < 1.29 is 14.3 Å². The molecule has 0 aliphatic heterocycles. The highest BCUT2D eigenvalue weighted by Crippen LogP contribution is 2.33. The van der Waals surface area contributed by atoms with Crippen molar-refractivity contribution >= 4 is 51.4 Å². The average Bonchev–Trinajstić information content (AvgIpc) is 2.70. The van der Waals surface area contributed by atoms with Gasteiger partial charge in [0.05, 0.1) is 38.1 Å². The van der Waals surface area contributed by atoms with Crippen LogP contribution >= 0.6 is 27.7 Å². The molecule has 0 atom stereocenters. The van der Waals surface area contributed by atoms with Gasteiger partial charge in [-0.3, -0.25) is 9.59 Å². The van der Waals surface area contributed by atoms with E-state index in [4.69, 9.17) is 16.3 Å². The molecule has 0 aromatic heterocycles. The number of para-hydroxylation sites is 3. The zero-order chi connectivity index (χ0) is 19.2. The Kier molecular flexibility index (Phi) is 6.11. The van der Waals surface area contributed by atoms with Gasteiger partial charge in [-0.15, -0.1) is 0 Å². The Morgan fingerprint density at radius 3 is 2.44 bits per heavy atom. The molecule has 2 amide bonds. The van der Waals surface area contributed by atoms with Gasteiger partial charge in [-0.05, 0) is 36.4 Å². The Morgan fingerprint density at radius 1 is 1.00 bits per heavy atom. The van der Waals surface area contributed by atoms with Crippen molar-refractivity contribution in [2.45, 2.75) is 0 Å². The number of anilines is 2. The van der Waals surface area contributed by atoms with E-state index in [-0.39, 0.29) is 10.6 Å². The van der Waals surface area contributed by atoms with E-state index in [1.54, 1.807) is 36.4 Å². The van der Waals surface area contributed by atoms with Crippen LogP contribution in [-0.4, -0.2) is 12.3 Å². The first kappa shape index (κ1) is 18.9. The van der Waals surface area contributed by atoms with Crippen LogP contribution in [0, 0.1) is 0 Å². The van der Waals surface area contributed by atoms with Gasteiger partial charge in [0.2, 0.25) is 6.41 Å².